The maximum atomic E-state index is 13.3. The van der Waals surface area contributed by atoms with E-state index in [1.165, 1.54) is 12.0 Å². The summed E-state index contributed by atoms with van der Waals surface area (Å²) >= 11 is 0. The number of hydrogen-bond donors (Lipinski definition) is 3. The third-order valence-electron chi connectivity index (χ3n) is 6.14. The Labute approximate surface area is 204 Å². The molecule has 35 heavy (non-hydrogen) atoms. The highest BCUT2D eigenvalue weighted by Gasteiger charge is 2.33. The molecule has 2 atom stereocenters. The molecule has 2 fully saturated rings. The molecule has 11 nitrogen and oxygen atoms in total. The molecule has 3 rings (SSSR count). The summed E-state index contributed by atoms with van der Waals surface area (Å²) in [6, 6.07) is 7.55. The molecule has 186 valence electrons. The summed E-state index contributed by atoms with van der Waals surface area (Å²) < 4.78 is 4.77. The summed E-state index contributed by atoms with van der Waals surface area (Å²) in [7, 11) is 1.18. The summed E-state index contributed by atoms with van der Waals surface area (Å²) in [6.45, 7) is 1.88. The predicted octanol–water partition coefficient (Wildman–Crippen LogP) is 1.10. The molecule has 2 amide bonds. The van der Waals surface area contributed by atoms with E-state index in [0.29, 0.717) is 43.7 Å². The highest BCUT2D eigenvalue weighted by molar-refractivity contribution is 6.11. The Morgan fingerprint density at radius 2 is 1.89 bits per heavy atom. The number of amidine groups is 2. The van der Waals surface area contributed by atoms with Gasteiger partial charge in [-0.1, -0.05) is 0 Å². The Hall–Kier alpha value is -3.94. The summed E-state index contributed by atoms with van der Waals surface area (Å²) in [5, 5.41) is 20.2. The van der Waals surface area contributed by atoms with Gasteiger partial charge in [-0.05, 0) is 56.4 Å². The summed E-state index contributed by atoms with van der Waals surface area (Å²) in [4.78, 5) is 46.1. The number of esters is 1. The molecule has 0 aromatic heterocycles. The number of aliphatic imine (C=N–C) groups is 1. The van der Waals surface area contributed by atoms with Crippen LogP contribution in [-0.4, -0.2) is 78.6 Å². The van der Waals surface area contributed by atoms with Gasteiger partial charge in [-0.25, -0.2) is 0 Å². The van der Waals surface area contributed by atoms with Gasteiger partial charge < -0.3 is 25.6 Å². The average molecular weight is 482 g/mol. The van der Waals surface area contributed by atoms with Crippen molar-refractivity contribution in [3.8, 4) is 6.07 Å². The van der Waals surface area contributed by atoms with E-state index >= 15 is 0 Å². The number of amides is 2. The zero-order valence-corrected chi connectivity index (χ0v) is 19.8. The van der Waals surface area contributed by atoms with Crippen LogP contribution in [0.3, 0.4) is 0 Å². The van der Waals surface area contributed by atoms with Gasteiger partial charge >= 0.3 is 5.97 Å². The second-order valence-corrected chi connectivity index (χ2v) is 8.57. The van der Waals surface area contributed by atoms with Gasteiger partial charge in [0.25, 0.3) is 0 Å². The fraction of sp³-hybridized carbons (Fsp3) is 0.500. The van der Waals surface area contributed by atoms with Gasteiger partial charge in [0.1, 0.15) is 17.7 Å². The first-order valence-electron chi connectivity index (χ1n) is 11.7. The Balaban J connectivity index is 1.86. The lowest BCUT2D eigenvalue weighted by Crippen LogP contribution is -2.45. The minimum Gasteiger partial charge on any atom is -0.468 e. The van der Waals surface area contributed by atoms with E-state index in [-0.39, 0.29) is 30.0 Å². The number of carbonyl (C=O) groups excluding carboxylic acids is 3. The number of hydrogen-bond acceptors (Lipinski definition) is 7. The Morgan fingerprint density at radius 1 is 1.23 bits per heavy atom. The van der Waals surface area contributed by atoms with Crippen LogP contribution in [0.5, 0.6) is 0 Å². The molecule has 0 radical (unpaired) electrons. The maximum Gasteiger partial charge on any atom is 0.330 e. The van der Waals surface area contributed by atoms with Gasteiger partial charge in [0.15, 0.2) is 0 Å². The number of benzene rings is 1. The third kappa shape index (κ3) is 6.56. The van der Waals surface area contributed by atoms with Crippen molar-refractivity contribution in [1.29, 1.82) is 10.7 Å². The van der Waals surface area contributed by atoms with E-state index in [4.69, 9.17) is 15.9 Å². The van der Waals surface area contributed by atoms with E-state index in [1.54, 1.807) is 29.2 Å². The second-order valence-electron chi connectivity index (χ2n) is 8.57. The van der Waals surface area contributed by atoms with Crippen LogP contribution in [0.25, 0.3) is 0 Å². The molecule has 0 aliphatic carbocycles. The lowest BCUT2D eigenvalue weighted by atomic mass is 10.1. The molecule has 0 bridgehead atoms. The van der Waals surface area contributed by atoms with Crippen LogP contribution >= 0.6 is 0 Å². The first-order valence-corrected chi connectivity index (χ1v) is 11.7. The Kier molecular flexibility index (Phi) is 8.78. The zero-order valence-electron chi connectivity index (χ0n) is 19.8. The van der Waals surface area contributed by atoms with E-state index < -0.39 is 17.9 Å². The molecule has 2 aliphatic rings. The van der Waals surface area contributed by atoms with E-state index in [0.717, 1.165) is 19.3 Å². The van der Waals surface area contributed by atoms with Crippen molar-refractivity contribution in [2.24, 2.45) is 16.6 Å². The smallest absolute Gasteiger partial charge is 0.330 e. The van der Waals surface area contributed by atoms with Gasteiger partial charge in [0.05, 0.1) is 19.7 Å². The number of nitriles is 1. The highest BCUT2D eigenvalue weighted by Crippen LogP contribution is 2.19. The number of methoxy groups -OCH3 is 1. The van der Waals surface area contributed by atoms with Crippen LogP contribution in [0.1, 0.15) is 37.7 Å². The largest absolute Gasteiger partial charge is 0.468 e. The van der Waals surface area contributed by atoms with Crippen molar-refractivity contribution < 1.29 is 19.1 Å². The number of rotatable bonds is 7. The summed E-state index contributed by atoms with van der Waals surface area (Å²) in [5.41, 5.74) is 6.51. The second kappa shape index (κ2) is 12.0. The van der Waals surface area contributed by atoms with E-state index in [2.05, 4.69) is 10.3 Å². The molecule has 0 spiro atoms. The molecule has 4 N–H and O–H groups in total. The van der Waals surface area contributed by atoms with Crippen LogP contribution < -0.4 is 11.1 Å². The molecule has 11 heteroatoms. The molecule has 1 aromatic rings. The molecule has 2 saturated heterocycles. The van der Waals surface area contributed by atoms with Crippen molar-refractivity contribution in [1.82, 2.24) is 9.80 Å². The number of nitrogens with two attached hydrogens (primary N) is 1. The minimum absolute atomic E-state index is 0.00119. The van der Waals surface area contributed by atoms with E-state index in [9.17, 15) is 19.6 Å². The van der Waals surface area contributed by atoms with Gasteiger partial charge in [-0.2, -0.15) is 5.26 Å². The molecule has 1 unspecified atom stereocenters. The molecule has 1 aromatic carbocycles. The first kappa shape index (κ1) is 25.7. The topological polar surface area (TPSA) is 165 Å². The first-order chi connectivity index (χ1) is 16.8. The number of anilines is 1. The van der Waals surface area contributed by atoms with Crippen LogP contribution in [0, 0.1) is 22.7 Å². The van der Waals surface area contributed by atoms with Crippen molar-refractivity contribution >= 4 is 35.1 Å². The van der Waals surface area contributed by atoms with Crippen molar-refractivity contribution in [3.05, 3.63) is 29.8 Å². The zero-order chi connectivity index (χ0) is 25.4. The normalized spacial score (nSPS) is 19.5. The molecule has 2 heterocycles. The quantitative estimate of drug-likeness (QED) is 0.298. The van der Waals surface area contributed by atoms with Crippen LogP contribution in [0.15, 0.2) is 29.3 Å². The van der Waals surface area contributed by atoms with Gasteiger partial charge in [-0.15, -0.1) is 0 Å². The lowest BCUT2D eigenvalue weighted by molar-refractivity contribution is -0.141. The molecule has 2 aliphatic heterocycles. The van der Waals surface area contributed by atoms with Gasteiger partial charge in [-0.3, -0.25) is 24.8 Å². The number of likely N-dealkylation sites (tertiary alicyclic amines) is 2. The summed E-state index contributed by atoms with van der Waals surface area (Å²) in [6.07, 6.45) is 3.82. The SMILES string of the molecule is COC(=O)C(C#N)C(=N[C@H]1CCCCN(CC(=O)N2CCCC2)C1=O)Nc1ccc(C(=N)N)cc1. The number of nitrogens with one attached hydrogen (secondary N) is 2. The number of ether oxygens (including phenoxy) is 1. The fourth-order valence-electron chi connectivity index (χ4n) is 4.16. The van der Waals surface area contributed by atoms with Crippen molar-refractivity contribution in [3.63, 3.8) is 0 Å². The van der Waals surface area contributed by atoms with Crippen molar-refractivity contribution in [2.75, 3.05) is 38.6 Å². The minimum atomic E-state index is -1.37. The van der Waals surface area contributed by atoms with Crippen LogP contribution in [-0.2, 0) is 19.1 Å². The number of nitrogen functional groups attached to an aromatic ring is 1. The monoisotopic (exact) mass is 481 g/mol. The van der Waals surface area contributed by atoms with Crippen LogP contribution in [0.4, 0.5) is 5.69 Å². The maximum absolute atomic E-state index is 13.3. The molecular weight excluding hydrogens is 450 g/mol. The third-order valence-corrected chi connectivity index (χ3v) is 6.14. The molecule has 0 saturated carbocycles. The number of nitrogens with zero attached hydrogens (tertiary/aromatic N) is 4. The Morgan fingerprint density at radius 3 is 2.49 bits per heavy atom. The van der Waals surface area contributed by atoms with Gasteiger partial charge in [0, 0.05) is 30.9 Å². The average Bonchev–Trinajstić information content (AvgIpc) is 3.34. The standard InChI is InChI=1S/C24H31N7O4/c1-35-24(34)18(14-25)22(28-17-9-7-16(8-10-17)21(26)27)29-19-6-2-3-13-31(23(19)33)15-20(32)30-11-4-5-12-30/h7-10,18-19H,2-6,11-13,15H2,1H3,(H3,26,27)(H,28,29)/t18?,19-/m0/s1. The number of carbonyl (C=O) groups is 3. The van der Waals surface area contributed by atoms with E-state index in [1.807, 2.05) is 6.07 Å². The highest BCUT2D eigenvalue weighted by atomic mass is 16.5. The van der Waals surface area contributed by atoms with Crippen LogP contribution in [0.2, 0.25) is 0 Å². The predicted molar refractivity (Wildman–Crippen MR) is 130 cm³/mol. The molecular formula is C24H31N7O4. The fourth-order valence-corrected chi connectivity index (χ4v) is 4.16. The van der Waals surface area contributed by atoms with Gasteiger partial charge in [0.2, 0.25) is 17.7 Å². The Bertz CT molecular complexity index is 1030. The summed E-state index contributed by atoms with van der Waals surface area (Å²) in [5.74, 6) is -2.66. The van der Waals surface area contributed by atoms with Crippen molar-refractivity contribution in [2.45, 2.75) is 38.1 Å². The lowest BCUT2D eigenvalue weighted by Gasteiger charge is -2.25.